The Morgan fingerprint density at radius 1 is 1.50 bits per heavy atom. The Labute approximate surface area is 128 Å². The quantitative estimate of drug-likeness (QED) is 0.288. The Morgan fingerprint density at radius 3 is 2.57 bits per heavy atom. The molecule has 0 fully saturated rings. The summed E-state index contributed by atoms with van der Waals surface area (Å²) in [6, 6.07) is 3.55. The summed E-state index contributed by atoms with van der Waals surface area (Å²) in [4.78, 5) is 8.11. The van der Waals surface area contributed by atoms with Crippen LogP contribution in [0.1, 0.15) is 0 Å². The van der Waals surface area contributed by atoms with Gasteiger partial charge < -0.3 is 0 Å². The van der Waals surface area contributed by atoms with E-state index in [-0.39, 0.29) is 46.2 Å². The summed E-state index contributed by atoms with van der Waals surface area (Å²) < 4.78 is 4.00. The average molecular weight is 345 g/mol. The van der Waals surface area contributed by atoms with E-state index in [9.17, 15) is 0 Å². The predicted octanol–water partition coefficient (Wildman–Crippen LogP) is 1.90. The van der Waals surface area contributed by atoms with Gasteiger partial charge in [0.1, 0.15) is 0 Å². The maximum atomic E-state index is 4.29. The third-order valence-corrected chi connectivity index (χ3v) is 0.933. The first-order valence-electron chi connectivity index (χ1n) is 2.77. The number of thiol groups is 1. The molecule has 9 heteroatoms. The molecule has 0 saturated carbocycles. The summed E-state index contributed by atoms with van der Waals surface area (Å²) in [6.07, 6.45) is 3.25. The predicted molar refractivity (Wildman–Crippen MR) is 65.1 cm³/mol. The van der Waals surface area contributed by atoms with Gasteiger partial charge in [-0.2, -0.15) is 13.5 Å². The molecule has 0 aliphatic rings. The SMILES string of the molecule is P=S.S.SOONc1cccnc1.[Y]. The van der Waals surface area contributed by atoms with Gasteiger partial charge >= 0.3 is 0 Å². The van der Waals surface area contributed by atoms with Crippen LogP contribution in [0.4, 0.5) is 5.69 Å². The van der Waals surface area contributed by atoms with Gasteiger partial charge in [-0.05, 0) is 20.1 Å². The normalized spacial score (nSPS) is 6.93. The van der Waals surface area contributed by atoms with Crippen molar-refractivity contribution >= 4 is 51.9 Å². The molecule has 1 N–H and O–H groups in total. The number of hydrogen-bond donors (Lipinski definition) is 2. The molecule has 0 aliphatic heterocycles. The molecule has 14 heavy (non-hydrogen) atoms. The average Bonchev–Trinajstić information content (AvgIpc) is 2.19. The first-order chi connectivity index (χ1) is 5.93. The molecule has 0 aliphatic carbocycles. The van der Waals surface area contributed by atoms with Crippen LogP contribution < -0.4 is 5.48 Å². The van der Waals surface area contributed by atoms with Crippen molar-refractivity contribution in [3.05, 3.63) is 24.5 Å². The molecule has 0 amide bonds. The topological polar surface area (TPSA) is 43.4 Å². The van der Waals surface area contributed by atoms with E-state index in [0.29, 0.717) is 5.69 Å². The molecule has 4 nitrogen and oxygen atoms in total. The molecule has 1 aromatic rings. The number of rotatable bonds is 3. The Balaban J connectivity index is -0.000000284. The van der Waals surface area contributed by atoms with Crippen LogP contribution in [0.3, 0.4) is 0 Å². The zero-order valence-electron chi connectivity index (χ0n) is 7.01. The van der Waals surface area contributed by atoms with Gasteiger partial charge in [-0.25, -0.2) is 5.48 Å². The summed E-state index contributed by atoms with van der Waals surface area (Å²) in [5.41, 5.74) is 3.14. The maximum Gasteiger partial charge on any atom is 0.0818 e. The molecular weight excluding hydrogens is 336 g/mol. The fourth-order valence-electron chi connectivity index (χ4n) is 0.490. The van der Waals surface area contributed by atoms with Gasteiger partial charge in [0.25, 0.3) is 0 Å². The van der Waals surface area contributed by atoms with Crippen LogP contribution in [0.2, 0.25) is 0 Å². The zero-order valence-corrected chi connectivity index (χ0v) is 13.6. The van der Waals surface area contributed by atoms with Gasteiger partial charge in [0, 0.05) is 51.8 Å². The second-order valence-electron chi connectivity index (χ2n) is 1.50. The third-order valence-electron chi connectivity index (χ3n) is 0.858. The van der Waals surface area contributed by atoms with Crippen molar-refractivity contribution in [3.63, 3.8) is 0 Å². The molecule has 1 radical (unpaired) electrons. The summed E-state index contributed by atoms with van der Waals surface area (Å²) in [7, 11) is 2.56. The van der Waals surface area contributed by atoms with Gasteiger partial charge in [0.2, 0.25) is 0 Å². The van der Waals surface area contributed by atoms with Crippen LogP contribution in [0, 0.1) is 0 Å². The van der Waals surface area contributed by atoms with Crippen LogP contribution in [0.25, 0.3) is 0 Å². The zero-order chi connectivity index (χ0) is 9.23. The van der Waals surface area contributed by atoms with Crippen molar-refractivity contribution in [1.82, 2.24) is 4.98 Å². The van der Waals surface area contributed by atoms with Crippen molar-refractivity contribution in [2.24, 2.45) is 0 Å². The maximum absolute atomic E-state index is 4.29. The van der Waals surface area contributed by atoms with E-state index in [0.717, 1.165) is 0 Å². The molecule has 0 spiro atoms. The number of pyridine rings is 1. The monoisotopic (exact) mass is 345 g/mol. The molecular formula is C5H9N2O2PS3Y. The van der Waals surface area contributed by atoms with Crippen molar-refractivity contribution in [1.29, 1.82) is 0 Å². The molecule has 0 bridgehead atoms. The molecule has 0 atom stereocenters. The van der Waals surface area contributed by atoms with Gasteiger partial charge in [-0.15, -0.1) is 9.32 Å². The van der Waals surface area contributed by atoms with E-state index in [1.165, 1.54) is 0 Å². The van der Waals surface area contributed by atoms with Crippen LogP contribution in [0.15, 0.2) is 24.5 Å². The van der Waals surface area contributed by atoms with Gasteiger partial charge in [0.15, 0.2) is 0 Å². The molecule has 1 heterocycles. The smallest absolute Gasteiger partial charge is 0.0818 e. The molecule has 77 valence electrons. The van der Waals surface area contributed by atoms with E-state index < -0.39 is 0 Å². The Bertz CT molecular complexity index is 209. The summed E-state index contributed by atoms with van der Waals surface area (Å²) in [6.45, 7) is 0. The van der Waals surface area contributed by atoms with E-state index in [4.69, 9.17) is 0 Å². The van der Waals surface area contributed by atoms with Crippen molar-refractivity contribution in [2.45, 2.75) is 0 Å². The number of anilines is 1. The van der Waals surface area contributed by atoms with Gasteiger partial charge in [-0.3, -0.25) is 4.98 Å². The van der Waals surface area contributed by atoms with Gasteiger partial charge in [0.05, 0.1) is 11.9 Å². The van der Waals surface area contributed by atoms with Crippen LogP contribution in [-0.2, 0) is 53.8 Å². The third kappa shape index (κ3) is 11.3. The minimum Gasteiger partial charge on any atom is -0.262 e. The fraction of sp³-hybridized carbons (Fsp3) is 0. The molecule has 1 rings (SSSR count). The van der Waals surface area contributed by atoms with Crippen LogP contribution >= 0.6 is 34.4 Å². The number of nitrogens with zero attached hydrogens (tertiary/aromatic N) is 1. The van der Waals surface area contributed by atoms with E-state index in [1.54, 1.807) is 24.5 Å². The van der Waals surface area contributed by atoms with Crippen molar-refractivity contribution in [2.75, 3.05) is 5.48 Å². The van der Waals surface area contributed by atoms with E-state index >= 15 is 0 Å². The standard InChI is InChI=1S/C5H6N2O2S.HPS.H2S.Y/c10-9-8-7-5-2-1-3-6-4-5;1-2;;/h1-4,7,10H;1H;1H2;. The van der Waals surface area contributed by atoms with Crippen molar-refractivity contribution in [3.8, 4) is 0 Å². The first-order valence-corrected chi connectivity index (χ1v) is 4.77. The number of aromatic nitrogens is 1. The Morgan fingerprint density at radius 2 is 2.14 bits per heavy atom. The minimum absolute atomic E-state index is 0. The minimum atomic E-state index is 0. The summed E-state index contributed by atoms with van der Waals surface area (Å²) in [5.74, 6) is 0. The molecule has 0 saturated heterocycles. The molecule has 0 unspecified atom stereocenters. The first kappa shape index (κ1) is 20.6. The number of nitrogens with one attached hydrogen (secondary N) is 1. The van der Waals surface area contributed by atoms with Crippen LogP contribution in [-0.4, -0.2) is 4.98 Å². The largest absolute Gasteiger partial charge is 0.262 e. The summed E-state index contributed by atoms with van der Waals surface area (Å²) >= 11 is 7.23. The molecule has 0 aromatic carbocycles. The summed E-state index contributed by atoms with van der Waals surface area (Å²) in [5, 5.41) is 0. The second kappa shape index (κ2) is 16.6. The van der Waals surface area contributed by atoms with E-state index in [1.807, 2.05) is 0 Å². The Hall–Kier alpha value is 1.19. The molecule has 1 aromatic heterocycles. The van der Waals surface area contributed by atoms with E-state index in [2.05, 4.69) is 52.5 Å². The second-order valence-corrected chi connectivity index (χ2v) is 1.65. The van der Waals surface area contributed by atoms with Gasteiger partial charge in [-0.1, -0.05) is 11.8 Å². The van der Waals surface area contributed by atoms with Crippen LogP contribution in [0.5, 0.6) is 0 Å². The number of hydrogen-bond acceptors (Lipinski definition) is 6. The van der Waals surface area contributed by atoms with Crippen molar-refractivity contribution < 1.29 is 42.0 Å². The fourth-order valence-corrected chi connectivity index (χ4v) is 0.527. The Kier molecular flexibility index (Phi) is 24.4.